The van der Waals surface area contributed by atoms with E-state index < -0.39 is 6.10 Å². The second-order valence-electron chi connectivity index (χ2n) is 6.42. The van der Waals surface area contributed by atoms with Crippen molar-refractivity contribution >= 4 is 5.91 Å². The van der Waals surface area contributed by atoms with E-state index in [1.807, 2.05) is 58.0 Å². The van der Waals surface area contributed by atoms with Crippen molar-refractivity contribution in [3.63, 3.8) is 0 Å². The lowest BCUT2D eigenvalue weighted by molar-refractivity contribution is -0.127. The van der Waals surface area contributed by atoms with E-state index >= 15 is 0 Å². The third-order valence-corrected chi connectivity index (χ3v) is 4.10. The Morgan fingerprint density at radius 3 is 2.56 bits per heavy atom. The molecular formula is C21H27NO3. The Kier molecular flexibility index (Phi) is 6.45. The molecule has 0 bridgehead atoms. The quantitative estimate of drug-likeness (QED) is 0.778. The summed E-state index contributed by atoms with van der Waals surface area (Å²) < 4.78 is 11.5. The molecule has 1 amide bonds. The number of carbonyl (C=O) groups is 1. The van der Waals surface area contributed by atoms with E-state index in [2.05, 4.69) is 11.4 Å². The van der Waals surface area contributed by atoms with E-state index in [9.17, 15) is 4.79 Å². The van der Waals surface area contributed by atoms with Crippen LogP contribution in [0.4, 0.5) is 0 Å². The van der Waals surface area contributed by atoms with Gasteiger partial charge in [0.15, 0.2) is 6.10 Å². The summed E-state index contributed by atoms with van der Waals surface area (Å²) in [5.74, 6) is 1.42. The molecule has 2 aromatic rings. The van der Waals surface area contributed by atoms with Crippen molar-refractivity contribution < 1.29 is 14.3 Å². The molecule has 2 rings (SSSR count). The molecule has 0 saturated carbocycles. The van der Waals surface area contributed by atoms with Gasteiger partial charge in [0, 0.05) is 0 Å². The Morgan fingerprint density at radius 2 is 1.84 bits per heavy atom. The first kappa shape index (κ1) is 18.8. The second kappa shape index (κ2) is 8.56. The Balaban J connectivity index is 1.80. The van der Waals surface area contributed by atoms with Gasteiger partial charge in [-0.25, -0.2) is 0 Å². The highest BCUT2D eigenvalue weighted by Gasteiger charge is 2.16. The van der Waals surface area contributed by atoms with Crippen molar-refractivity contribution in [1.82, 2.24) is 5.32 Å². The van der Waals surface area contributed by atoms with Crippen molar-refractivity contribution in [2.75, 3.05) is 13.2 Å². The summed E-state index contributed by atoms with van der Waals surface area (Å²) in [4.78, 5) is 12.2. The smallest absolute Gasteiger partial charge is 0.260 e. The summed E-state index contributed by atoms with van der Waals surface area (Å²) in [6.45, 7) is 10.7. The number of hydrogen-bond donors (Lipinski definition) is 1. The van der Waals surface area contributed by atoms with E-state index in [-0.39, 0.29) is 5.91 Å². The van der Waals surface area contributed by atoms with E-state index in [1.165, 1.54) is 0 Å². The maximum absolute atomic E-state index is 12.2. The van der Waals surface area contributed by atoms with E-state index in [0.29, 0.717) is 13.2 Å². The molecule has 0 saturated heterocycles. The monoisotopic (exact) mass is 341 g/mol. The summed E-state index contributed by atoms with van der Waals surface area (Å²) in [5.41, 5.74) is 4.49. The zero-order chi connectivity index (χ0) is 18.4. The summed E-state index contributed by atoms with van der Waals surface area (Å²) in [5, 5.41) is 2.85. The van der Waals surface area contributed by atoms with Crippen LogP contribution in [0.25, 0.3) is 0 Å². The van der Waals surface area contributed by atoms with Gasteiger partial charge in [0.2, 0.25) is 0 Å². The first-order chi connectivity index (χ1) is 11.9. The molecular weight excluding hydrogens is 314 g/mol. The van der Waals surface area contributed by atoms with Crippen LogP contribution in [0.1, 0.15) is 29.2 Å². The molecule has 2 aromatic carbocycles. The van der Waals surface area contributed by atoms with Crippen molar-refractivity contribution in [2.24, 2.45) is 0 Å². The molecule has 0 aliphatic rings. The van der Waals surface area contributed by atoms with Crippen LogP contribution < -0.4 is 14.8 Å². The molecule has 0 fully saturated rings. The molecule has 0 aromatic heterocycles. The molecule has 1 atom stereocenters. The Bertz CT molecular complexity index is 740. The maximum atomic E-state index is 12.2. The van der Waals surface area contributed by atoms with Gasteiger partial charge in [0.05, 0.1) is 6.54 Å². The minimum Gasteiger partial charge on any atom is -0.492 e. The number of benzene rings is 2. The van der Waals surface area contributed by atoms with Gasteiger partial charge in [-0.05, 0) is 75.1 Å². The lowest BCUT2D eigenvalue weighted by Gasteiger charge is -2.18. The van der Waals surface area contributed by atoms with Crippen LogP contribution in [0, 0.1) is 27.7 Å². The van der Waals surface area contributed by atoms with Gasteiger partial charge in [-0.2, -0.15) is 0 Å². The molecule has 134 valence electrons. The molecule has 0 heterocycles. The van der Waals surface area contributed by atoms with Gasteiger partial charge >= 0.3 is 0 Å². The average molecular weight is 341 g/mol. The Labute approximate surface area is 150 Å². The number of hydrogen-bond acceptors (Lipinski definition) is 3. The molecule has 0 aliphatic carbocycles. The lowest BCUT2D eigenvalue weighted by Crippen LogP contribution is -2.38. The predicted octanol–water partition coefficient (Wildman–Crippen LogP) is 3.88. The third kappa shape index (κ3) is 5.52. The molecule has 25 heavy (non-hydrogen) atoms. The molecule has 4 heteroatoms. The minimum atomic E-state index is -0.557. The Hall–Kier alpha value is -2.49. The summed E-state index contributed by atoms with van der Waals surface area (Å²) in [6.07, 6.45) is -0.557. The molecule has 0 unspecified atom stereocenters. The molecule has 1 N–H and O–H groups in total. The average Bonchev–Trinajstić information content (AvgIpc) is 2.56. The van der Waals surface area contributed by atoms with Crippen LogP contribution in [0.3, 0.4) is 0 Å². The molecule has 0 aliphatic heterocycles. The first-order valence-corrected chi connectivity index (χ1v) is 8.58. The van der Waals surface area contributed by atoms with Crippen molar-refractivity contribution in [1.29, 1.82) is 0 Å². The maximum Gasteiger partial charge on any atom is 0.260 e. The van der Waals surface area contributed by atoms with E-state index in [4.69, 9.17) is 9.47 Å². The van der Waals surface area contributed by atoms with Crippen LogP contribution in [-0.4, -0.2) is 25.2 Å². The Morgan fingerprint density at radius 1 is 1.08 bits per heavy atom. The van der Waals surface area contributed by atoms with Crippen LogP contribution >= 0.6 is 0 Å². The fraction of sp³-hybridized carbons (Fsp3) is 0.381. The number of amides is 1. The van der Waals surface area contributed by atoms with E-state index in [0.717, 1.165) is 33.8 Å². The van der Waals surface area contributed by atoms with Crippen LogP contribution in [-0.2, 0) is 4.79 Å². The molecule has 0 spiro atoms. The van der Waals surface area contributed by atoms with Gasteiger partial charge < -0.3 is 14.8 Å². The first-order valence-electron chi connectivity index (χ1n) is 8.58. The van der Waals surface area contributed by atoms with Gasteiger partial charge in [-0.3, -0.25) is 4.79 Å². The lowest BCUT2D eigenvalue weighted by atomic mass is 10.1. The number of carbonyl (C=O) groups excluding carboxylic acids is 1. The normalized spacial score (nSPS) is 11.7. The zero-order valence-electron chi connectivity index (χ0n) is 15.7. The second-order valence-corrected chi connectivity index (χ2v) is 6.42. The standard InChI is InChI=1S/C21H27NO3/c1-14-7-6-8-19(12-14)24-10-9-22-21(23)18(5)25-20-13-15(2)11-16(3)17(20)4/h6-8,11-13,18H,9-10H2,1-5H3,(H,22,23)/t18-/m0/s1. The summed E-state index contributed by atoms with van der Waals surface area (Å²) >= 11 is 0. The largest absolute Gasteiger partial charge is 0.492 e. The molecule has 4 nitrogen and oxygen atoms in total. The predicted molar refractivity (Wildman–Crippen MR) is 100 cm³/mol. The topological polar surface area (TPSA) is 47.6 Å². The van der Waals surface area contributed by atoms with Crippen LogP contribution in [0.2, 0.25) is 0 Å². The van der Waals surface area contributed by atoms with Crippen LogP contribution in [0.15, 0.2) is 36.4 Å². The van der Waals surface area contributed by atoms with E-state index in [1.54, 1.807) is 6.92 Å². The number of ether oxygens (including phenoxy) is 2. The zero-order valence-corrected chi connectivity index (χ0v) is 15.7. The number of nitrogens with one attached hydrogen (secondary N) is 1. The molecule has 0 radical (unpaired) electrons. The number of rotatable bonds is 7. The van der Waals surface area contributed by atoms with Crippen molar-refractivity contribution in [3.8, 4) is 11.5 Å². The SMILES string of the molecule is Cc1cccc(OCCNC(=O)[C@H](C)Oc2cc(C)cc(C)c2C)c1. The highest BCUT2D eigenvalue weighted by Crippen LogP contribution is 2.24. The van der Waals surface area contributed by atoms with Crippen LogP contribution in [0.5, 0.6) is 11.5 Å². The van der Waals surface area contributed by atoms with Gasteiger partial charge in [0.25, 0.3) is 5.91 Å². The van der Waals surface area contributed by atoms with Crippen molar-refractivity contribution in [3.05, 3.63) is 58.7 Å². The number of aryl methyl sites for hydroxylation is 3. The highest BCUT2D eigenvalue weighted by atomic mass is 16.5. The van der Waals surface area contributed by atoms with Gasteiger partial charge in [-0.15, -0.1) is 0 Å². The highest BCUT2D eigenvalue weighted by molar-refractivity contribution is 5.80. The summed E-state index contributed by atoms with van der Waals surface area (Å²) in [7, 11) is 0. The minimum absolute atomic E-state index is 0.147. The summed E-state index contributed by atoms with van der Waals surface area (Å²) in [6, 6.07) is 11.9. The van der Waals surface area contributed by atoms with Crippen molar-refractivity contribution in [2.45, 2.75) is 40.7 Å². The fourth-order valence-corrected chi connectivity index (χ4v) is 2.56. The van der Waals surface area contributed by atoms with Gasteiger partial charge in [-0.1, -0.05) is 18.2 Å². The fourth-order valence-electron chi connectivity index (χ4n) is 2.56. The van der Waals surface area contributed by atoms with Gasteiger partial charge in [0.1, 0.15) is 18.1 Å². The third-order valence-electron chi connectivity index (χ3n) is 4.10.